The molecule has 6 atom stereocenters. The van der Waals surface area contributed by atoms with Crippen LogP contribution in [-0.4, -0.2) is 43.1 Å². The summed E-state index contributed by atoms with van der Waals surface area (Å²) in [6.07, 6.45) is 8.91. The van der Waals surface area contributed by atoms with Gasteiger partial charge < -0.3 is 24.1 Å². The summed E-state index contributed by atoms with van der Waals surface area (Å²) >= 11 is 0. The maximum Gasteiger partial charge on any atom is 0.174 e. The van der Waals surface area contributed by atoms with Gasteiger partial charge in [0.25, 0.3) is 0 Å². The van der Waals surface area contributed by atoms with Crippen LogP contribution in [0.25, 0.3) is 0 Å². The molecule has 3 saturated carbocycles. The molecule has 1 aromatic rings. The average molecular weight is 467 g/mol. The Morgan fingerprint density at radius 2 is 1.59 bits per heavy atom. The van der Waals surface area contributed by atoms with E-state index >= 15 is 0 Å². The third-order valence-corrected chi connectivity index (χ3v) is 11.0. The molecule has 2 spiro atoms. The topological polar surface area (TPSA) is 57.2 Å². The third kappa shape index (κ3) is 2.68. The van der Waals surface area contributed by atoms with Crippen molar-refractivity contribution in [1.82, 2.24) is 0 Å². The molecule has 6 aliphatic rings. The van der Waals surface area contributed by atoms with Crippen molar-refractivity contribution in [3.05, 3.63) is 47.5 Å². The van der Waals surface area contributed by atoms with Crippen LogP contribution in [0.15, 0.2) is 42.0 Å². The first-order valence-corrected chi connectivity index (χ1v) is 13.4. The van der Waals surface area contributed by atoms with E-state index in [9.17, 15) is 5.11 Å². The highest BCUT2D eigenvalue weighted by Crippen LogP contribution is 2.73. The van der Waals surface area contributed by atoms with Gasteiger partial charge in [0.15, 0.2) is 11.6 Å². The zero-order valence-corrected chi connectivity index (χ0v) is 20.6. The van der Waals surface area contributed by atoms with Gasteiger partial charge >= 0.3 is 0 Å². The Kier molecular flexibility index (Phi) is 4.64. The lowest BCUT2D eigenvalue weighted by Crippen LogP contribution is -2.64. The maximum absolute atomic E-state index is 13.0. The van der Waals surface area contributed by atoms with Gasteiger partial charge in [0.05, 0.1) is 32.0 Å². The van der Waals surface area contributed by atoms with E-state index in [2.05, 4.69) is 44.2 Å². The van der Waals surface area contributed by atoms with Crippen LogP contribution in [0, 0.1) is 28.6 Å². The predicted octanol–water partition coefficient (Wildman–Crippen LogP) is 4.93. The smallest absolute Gasteiger partial charge is 0.174 e. The average Bonchev–Trinajstić information content (AvgIpc) is 3.56. The maximum atomic E-state index is 13.0. The first kappa shape index (κ1) is 22.0. The minimum Gasteiger partial charge on any atom is -0.385 e. The molecule has 5 heteroatoms. The number of rotatable bonds is 1. The Hall–Kier alpha value is -1.24. The van der Waals surface area contributed by atoms with E-state index in [1.807, 2.05) is 6.07 Å². The van der Waals surface area contributed by atoms with E-state index < -0.39 is 17.2 Å². The number of aliphatic hydroxyl groups is 1. The molecule has 0 bridgehead atoms. The zero-order valence-electron chi connectivity index (χ0n) is 20.6. The van der Waals surface area contributed by atoms with Gasteiger partial charge in [0.2, 0.25) is 0 Å². The molecule has 7 rings (SSSR count). The van der Waals surface area contributed by atoms with Crippen LogP contribution in [0.3, 0.4) is 0 Å². The molecule has 2 saturated heterocycles. The van der Waals surface area contributed by atoms with Gasteiger partial charge in [-0.3, -0.25) is 0 Å². The first-order chi connectivity index (χ1) is 16.3. The fourth-order valence-corrected chi connectivity index (χ4v) is 9.55. The fraction of sp³-hybridized carbons (Fsp3) is 0.724. The molecule has 0 aromatic heterocycles. The molecule has 5 fully saturated rings. The molecule has 2 heterocycles. The van der Waals surface area contributed by atoms with Crippen LogP contribution in [0.5, 0.6) is 0 Å². The highest BCUT2D eigenvalue weighted by atomic mass is 16.7. The highest BCUT2D eigenvalue weighted by Gasteiger charge is 2.72. The molecule has 1 aromatic carbocycles. The summed E-state index contributed by atoms with van der Waals surface area (Å²) in [7, 11) is 0. The lowest BCUT2D eigenvalue weighted by molar-refractivity contribution is -0.281. The van der Waals surface area contributed by atoms with Crippen molar-refractivity contribution in [2.75, 3.05) is 26.4 Å². The van der Waals surface area contributed by atoms with Crippen molar-refractivity contribution in [2.24, 2.45) is 28.6 Å². The van der Waals surface area contributed by atoms with E-state index in [0.717, 1.165) is 44.1 Å². The van der Waals surface area contributed by atoms with Crippen molar-refractivity contribution >= 4 is 0 Å². The highest BCUT2D eigenvalue weighted by molar-refractivity contribution is 5.35. The van der Waals surface area contributed by atoms with Gasteiger partial charge in [0, 0.05) is 30.6 Å². The van der Waals surface area contributed by atoms with Crippen molar-refractivity contribution in [2.45, 2.75) is 76.0 Å². The zero-order chi connectivity index (χ0) is 23.2. The van der Waals surface area contributed by atoms with E-state index in [0.29, 0.717) is 44.7 Å². The first-order valence-electron chi connectivity index (χ1n) is 13.4. The Morgan fingerprint density at radius 1 is 0.882 bits per heavy atom. The molecule has 0 radical (unpaired) electrons. The van der Waals surface area contributed by atoms with Crippen molar-refractivity contribution in [3.63, 3.8) is 0 Å². The predicted molar refractivity (Wildman–Crippen MR) is 127 cm³/mol. The van der Waals surface area contributed by atoms with Gasteiger partial charge in [0.1, 0.15) is 0 Å². The molecule has 184 valence electrons. The van der Waals surface area contributed by atoms with Crippen LogP contribution < -0.4 is 0 Å². The summed E-state index contributed by atoms with van der Waals surface area (Å²) in [6.45, 7) is 7.45. The van der Waals surface area contributed by atoms with E-state index in [4.69, 9.17) is 18.9 Å². The van der Waals surface area contributed by atoms with Crippen molar-refractivity contribution < 1.29 is 24.1 Å². The van der Waals surface area contributed by atoms with E-state index in [1.165, 1.54) is 5.57 Å². The van der Waals surface area contributed by atoms with Gasteiger partial charge in [-0.1, -0.05) is 55.8 Å². The lowest BCUT2D eigenvalue weighted by Gasteiger charge is -2.64. The number of allylic oxidation sites excluding steroid dienone is 1. The van der Waals surface area contributed by atoms with Crippen molar-refractivity contribution in [1.29, 1.82) is 0 Å². The summed E-state index contributed by atoms with van der Waals surface area (Å²) < 4.78 is 25.1. The molecule has 0 unspecified atom stereocenters. The molecule has 4 aliphatic carbocycles. The van der Waals surface area contributed by atoms with Crippen LogP contribution >= 0.6 is 0 Å². The molecule has 1 N–H and O–H groups in total. The van der Waals surface area contributed by atoms with E-state index in [-0.39, 0.29) is 16.7 Å². The second-order valence-electron chi connectivity index (χ2n) is 12.3. The summed E-state index contributed by atoms with van der Waals surface area (Å²) in [4.78, 5) is 0. The minimum absolute atomic E-state index is 0.0808. The van der Waals surface area contributed by atoms with Gasteiger partial charge in [-0.2, -0.15) is 0 Å². The van der Waals surface area contributed by atoms with Crippen LogP contribution in [-0.2, 0) is 24.5 Å². The molecule has 5 nitrogen and oxygen atoms in total. The quantitative estimate of drug-likeness (QED) is 0.595. The molecule has 0 amide bonds. The monoisotopic (exact) mass is 466 g/mol. The van der Waals surface area contributed by atoms with Crippen LogP contribution in [0.1, 0.15) is 64.4 Å². The summed E-state index contributed by atoms with van der Waals surface area (Å²) in [5.41, 5.74) is 1.23. The molecule has 2 aliphatic heterocycles. The Labute approximate surface area is 202 Å². The number of ether oxygens (including phenoxy) is 4. The Bertz CT molecular complexity index is 993. The lowest BCUT2D eigenvalue weighted by atomic mass is 9.42. The van der Waals surface area contributed by atoms with Gasteiger partial charge in [-0.25, -0.2) is 0 Å². The molecular formula is C29H38O5. The number of benzene rings is 1. The summed E-state index contributed by atoms with van der Waals surface area (Å²) in [5.74, 6) is 0.0114. The second kappa shape index (κ2) is 7.17. The number of fused-ring (bicyclic) bond motifs is 6. The number of hydrogen-bond donors (Lipinski definition) is 1. The largest absolute Gasteiger partial charge is 0.385 e. The van der Waals surface area contributed by atoms with Crippen LogP contribution in [0.2, 0.25) is 0 Å². The Balaban J connectivity index is 1.37. The molecular weight excluding hydrogens is 428 g/mol. The molecule has 34 heavy (non-hydrogen) atoms. The summed E-state index contributed by atoms with van der Waals surface area (Å²) in [5, 5.41) is 13.0. The van der Waals surface area contributed by atoms with E-state index in [1.54, 1.807) is 0 Å². The summed E-state index contributed by atoms with van der Waals surface area (Å²) in [6, 6.07) is 10.5. The van der Waals surface area contributed by atoms with Crippen LogP contribution in [0.4, 0.5) is 0 Å². The number of hydrogen-bond acceptors (Lipinski definition) is 5. The fourth-order valence-electron chi connectivity index (χ4n) is 9.55. The standard InChI is InChI=1S/C29H38O5/c1-25-12-13-27(31-14-15-32-27)18-21(25)8-9-22-23-10-11-29(33-16-17-34-29)26(23,2)19-28(30,24(22)25)20-6-4-3-5-7-20/h3-8,22-24,30H,9-19H2,1-2H3/t22-,23-,24-,25-,26-,28+/m0/s1. The Morgan fingerprint density at radius 3 is 2.32 bits per heavy atom. The second-order valence-corrected chi connectivity index (χ2v) is 12.3. The van der Waals surface area contributed by atoms with Crippen molar-refractivity contribution in [3.8, 4) is 0 Å². The SMILES string of the molecule is C[C@]12CCC3(CC1=CC[C@@H]1[C@@H]2[C@](O)(c2ccccc2)C[C@@]2(C)[C@H]1CCC21OCCO1)OCCO3. The minimum atomic E-state index is -0.944. The van der Waals surface area contributed by atoms with Gasteiger partial charge in [-0.05, 0) is 48.5 Å². The normalized spacial score (nSPS) is 46.2. The third-order valence-electron chi connectivity index (χ3n) is 11.0. The van der Waals surface area contributed by atoms with Gasteiger partial charge in [-0.15, -0.1) is 0 Å².